The number of benzene rings is 1. The number of fused-ring (bicyclic) bond motifs is 1. The summed E-state index contributed by atoms with van der Waals surface area (Å²) in [5, 5.41) is 0. The molecule has 1 aromatic heterocycles. The molecule has 2 heterocycles. The number of aryl methyl sites for hydroxylation is 1. The zero-order valence-corrected chi connectivity index (χ0v) is 9.92. The number of rotatable bonds is 1. The molecule has 0 radical (unpaired) electrons. The average Bonchev–Trinajstić information content (AvgIpc) is 2.39. The molecule has 0 spiro atoms. The first kappa shape index (κ1) is 10.8. The van der Waals surface area contributed by atoms with Crippen LogP contribution in [0.2, 0.25) is 0 Å². The minimum absolute atomic E-state index is 0.153. The van der Waals surface area contributed by atoms with E-state index in [2.05, 4.69) is 0 Å². The molecule has 0 aliphatic carbocycles. The summed E-state index contributed by atoms with van der Waals surface area (Å²) in [5.41, 5.74) is 1.19. The Morgan fingerprint density at radius 3 is 2.72 bits per heavy atom. The van der Waals surface area contributed by atoms with E-state index in [0.717, 1.165) is 5.56 Å². The van der Waals surface area contributed by atoms with E-state index in [1.807, 2.05) is 36.4 Å². The number of hydrogen-bond acceptors (Lipinski definition) is 3. The summed E-state index contributed by atoms with van der Waals surface area (Å²) in [7, 11) is 0. The molecule has 0 bridgehead atoms. The van der Waals surface area contributed by atoms with E-state index in [4.69, 9.17) is 9.15 Å². The maximum atomic E-state index is 11.6. The van der Waals surface area contributed by atoms with Gasteiger partial charge in [-0.05, 0) is 24.6 Å². The van der Waals surface area contributed by atoms with E-state index in [1.165, 1.54) is 0 Å². The van der Waals surface area contributed by atoms with Crippen molar-refractivity contribution in [1.29, 1.82) is 0 Å². The highest BCUT2D eigenvalue weighted by Crippen LogP contribution is 2.31. The fourth-order valence-corrected chi connectivity index (χ4v) is 2.02. The number of hydrogen-bond donors (Lipinski definition) is 0. The quantitative estimate of drug-likeness (QED) is 0.768. The monoisotopic (exact) mass is 240 g/mol. The smallest absolute Gasteiger partial charge is 0.346 e. The molecule has 0 fully saturated rings. The molecular weight excluding hydrogens is 228 g/mol. The van der Waals surface area contributed by atoms with Gasteiger partial charge < -0.3 is 9.15 Å². The molecule has 0 saturated heterocycles. The maximum absolute atomic E-state index is 11.6. The Labute approximate surface area is 104 Å². The van der Waals surface area contributed by atoms with E-state index in [9.17, 15) is 4.79 Å². The predicted molar refractivity (Wildman–Crippen MR) is 68.6 cm³/mol. The van der Waals surface area contributed by atoms with Gasteiger partial charge in [0.1, 0.15) is 23.2 Å². The second kappa shape index (κ2) is 4.18. The van der Waals surface area contributed by atoms with Crippen molar-refractivity contribution in [2.75, 3.05) is 0 Å². The molecule has 3 nitrogen and oxygen atoms in total. The van der Waals surface area contributed by atoms with Crippen LogP contribution < -0.4 is 10.4 Å². The van der Waals surface area contributed by atoms with Gasteiger partial charge in [-0.3, -0.25) is 0 Å². The predicted octanol–water partition coefficient (Wildman–Crippen LogP) is 3.10. The highest BCUT2D eigenvalue weighted by atomic mass is 16.5. The molecule has 3 heteroatoms. The molecule has 0 N–H and O–H groups in total. The van der Waals surface area contributed by atoms with Gasteiger partial charge in [0.25, 0.3) is 0 Å². The Balaban J connectivity index is 2.02. The fourth-order valence-electron chi connectivity index (χ4n) is 2.02. The summed E-state index contributed by atoms with van der Waals surface area (Å²) < 4.78 is 10.9. The van der Waals surface area contributed by atoms with Crippen LogP contribution in [0.25, 0.3) is 6.08 Å². The highest BCUT2D eigenvalue weighted by Gasteiger charge is 2.19. The van der Waals surface area contributed by atoms with Crippen molar-refractivity contribution in [3.8, 4) is 5.75 Å². The summed E-state index contributed by atoms with van der Waals surface area (Å²) in [6.45, 7) is 1.74. The Hall–Kier alpha value is -2.29. The first-order chi connectivity index (χ1) is 8.74. The lowest BCUT2D eigenvalue weighted by molar-refractivity contribution is 0.247. The van der Waals surface area contributed by atoms with Crippen LogP contribution in [0.5, 0.6) is 5.75 Å². The van der Waals surface area contributed by atoms with Crippen LogP contribution in [0.15, 0.2) is 51.7 Å². The van der Waals surface area contributed by atoms with Crippen molar-refractivity contribution in [2.45, 2.75) is 13.0 Å². The minimum atomic E-state index is -0.354. The Bertz CT molecular complexity index is 653. The average molecular weight is 240 g/mol. The van der Waals surface area contributed by atoms with E-state index < -0.39 is 0 Å². The summed E-state index contributed by atoms with van der Waals surface area (Å²) in [4.78, 5) is 11.6. The van der Waals surface area contributed by atoms with Gasteiger partial charge in [-0.15, -0.1) is 0 Å². The van der Waals surface area contributed by atoms with Crippen molar-refractivity contribution < 1.29 is 9.15 Å². The van der Waals surface area contributed by atoms with Crippen LogP contribution in [-0.2, 0) is 0 Å². The van der Waals surface area contributed by atoms with Crippen LogP contribution in [0.4, 0.5) is 0 Å². The molecule has 0 amide bonds. The lowest BCUT2D eigenvalue weighted by Crippen LogP contribution is -2.14. The third-order valence-corrected chi connectivity index (χ3v) is 2.89. The fraction of sp³-hybridized carbons (Fsp3) is 0.133. The second-order valence-corrected chi connectivity index (χ2v) is 4.23. The van der Waals surface area contributed by atoms with Crippen LogP contribution >= 0.6 is 0 Å². The molecule has 2 aromatic rings. The molecule has 1 atom stereocenters. The van der Waals surface area contributed by atoms with Crippen LogP contribution in [0.1, 0.15) is 23.0 Å². The van der Waals surface area contributed by atoms with E-state index in [1.54, 1.807) is 19.1 Å². The summed E-state index contributed by atoms with van der Waals surface area (Å²) in [5.74, 6) is 1.14. The van der Waals surface area contributed by atoms with Gasteiger partial charge in [0.15, 0.2) is 0 Å². The summed E-state index contributed by atoms with van der Waals surface area (Å²) >= 11 is 0. The van der Waals surface area contributed by atoms with Gasteiger partial charge in [-0.2, -0.15) is 0 Å². The molecular formula is C15H12O3. The van der Waals surface area contributed by atoms with E-state index in [-0.39, 0.29) is 11.7 Å². The molecule has 90 valence electrons. The maximum Gasteiger partial charge on any atom is 0.346 e. The second-order valence-electron chi connectivity index (χ2n) is 4.23. The van der Waals surface area contributed by atoms with Gasteiger partial charge in [-0.1, -0.05) is 30.3 Å². The van der Waals surface area contributed by atoms with Crippen molar-refractivity contribution in [2.24, 2.45) is 0 Å². The standard InChI is InChI=1S/C15H12O3/c1-10-9-14-12(15(16)17-10)7-8-13(18-14)11-5-3-2-4-6-11/h2-9,13H,1H3. The van der Waals surface area contributed by atoms with Gasteiger partial charge in [0.05, 0.1) is 0 Å². The molecule has 1 unspecified atom stereocenters. The third-order valence-electron chi connectivity index (χ3n) is 2.89. The van der Waals surface area contributed by atoms with E-state index >= 15 is 0 Å². The topological polar surface area (TPSA) is 39.4 Å². The Kier molecular flexibility index (Phi) is 2.52. The lowest BCUT2D eigenvalue weighted by Gasteiger charge is -2.21. The minimum Gasteiger partial charge on any atom is -0.481 e. The van der Waals surface area contributed by atoms with Crippen LogP contribution in [0.3, 0.4) is 0 Å². The molecule has 1 aromatic carbocycles. The Morgan fingerprint density at radius 2 is 1.94 bits per heavy atom. The zero-order chi connectivity index (χ0) is 12.5. The van der Waals surface area contributed by atoms with E-state index in [0.29, 0.717) is 17.1 Å². The van der Waals surface area contributed by atoms with Crippen molar-refractivity contribution in [3.05, 3.63) is 69.8 Å². The molecule has 1 aliphatic heterocycles. The normalized spacial score (nSPS) is 17.1. The third kappa shape index (κ3) is 1.84. The highest BCUT2D eigenvalue weighted by molar-refractivity contribution is 5.59. The SMILES string of the molecule is Cc1cc2c(c(=O)o1)C=CC(c1ccccc1)O2. The van der Waals surface area contributed by atoms with Crippen molar-refractivity contribution in [3.63, 3.8) is 0 Å². The van der Waals surface area contributed by atoms with Gasteiger partial charge >= 0.3 is 5.63 Å². The largest absolute Gasteiger partial charge is 0.481 e. The van der Waals surface area contributed by atoms with Gasteiger partial charge in [0.2, 0.25) is 0 Å². The van der Waals surface area contributed by atoms with Crippen molar-refractivity contribution in [1.82, 2.24) is 0 Å². The number of ether oxygens (including phenoxy) is 1. The summed E-state index contributed by atoms with van der Waals surface area (Å²) in [6, 6.07) is 11.6. The van der Waals surface area contributed by atoms with Crippen LogP contribution in [-0.4, -0.2) is 0 Å². The molecule has 3 rings (SSSR count). The molecule has 1 aliphatic rings. The first-order valence-electron chi connectivity index (χ1n) is 5.78. The van der Waals surface area contributed by atoms with Gasteiger partial charge in [-0.25, -0.2) is 4.79 Å². The van der Waals surface area contributed by atoms with Crippen molar-refractivity contribution >= 4 is 6.08 Å². The zero-order valence-electron chi connectivity index (χ0n) is 9.92. The lowest BCUT2D eigenvalue weighted by atomic mass is 10.1. The van der Waals surface area contributed by atoms with Crippen LogP contribution in [0, 0.1) is 6.92 Å². The summed E-state index contributed by atoms with van der Waals surface area (Å²) in [6.07, 6.45) is 3.48. The Morgan fingerprint density at radius 1 is 1.17 bits per heavy atom. The first-order valence-corrected chi connectivity index (χ1v) is 5.78. The molecule has 18 heavy (non-hydrogen) atoms. The molecule has 0 saturated carbocycles. The van der Waals surface area contributed by atoms with Gasteiger partial charge in [0, 0.05) is 6.07 Å².